The standard InChI is InChI=1S/C17H13F3O/c1-12(13-8-4-2-5-9-13)15(17(18,19)20)16(21)14-10-6-3-7-11-14/h2-11H,1H3/b15-12-. The van der Waals surface area contributed by atoms with Crippen molar-refractivity contribution in [1.82, 2.24) is 0 Å². The van der Waals surface area contributed by atoms with E-state index in [1.54, 1.807) is 48.5 Å². The lowest BCUT2D eigenvalue weighted by Crippen LogP contribution is -2.21. The molecule has 0 aliphatic rings. The normalized spacial score (nSPS) is 12.8. The lowest BCUT2D eigenvalue weighted by molar-refractivity contribution is -0.0882. The summed E-state index contributed by atoms with van der Waals surface area (Å²) in [7, 11) is 0. The molecule has 0 bridgehead atoms. The summed E-state index contributed by atoms with van der Waals surface area (Å²) >= 11 is 0. The Bertz CT molecular complexity index is 655. The predicted octanol–water partition coefficient (Wildman–Crippen LogP) is 4.91. The van der Waals surface area contributed by atoms with Crippen molar-refractivity contribution in [2.75, 3.05) is 0 Å². The van der Waals surface area contributed by atoms with E-state index in [4.69, 9.17) is 0 Å². The number of hydrogen-bond donors (Lipinski definition) is 0. The molecule has 0 saturated carbocycles. The Balaban J connectivity index is 2.58. The van der Waals surface area contributed by atoms with Gasteiger partial charge in [-0.25, -0.2) is 0 Å². The molecule has 4 heteroatoms. The van der Waals surface area contributed by atoms with Gasteiger partial charge >= 0.3 is 6.18 Å². The van der Waals surface area contributed by atoms with Gasteiger partial charge in [0, 0.05) is 5.56 Å². The zero-order valence-corrected chi connectivity index (χ0v) is 11.3. The first-order valence-electron chi connectivity index (χ1n) is 6.34. The molecule has 0 N–H and O–H groups in total. The van der Waals surface area contributed by atoms with Gasteiger partial charge in [0.15, 0.2) is 5.78 Å². The number of halogens is 3. The Morgan fingerprint density at radius 2 is 1.24 bits per heavy atom. The Hall–Kier alpha value is -2.36. The summed E-state index contributed by atoms with van der Waals surface area (Å²) in [5, 5.41) is 0. The first kappa shape index (κ1) is 15.0. The average molecular weight is 290 g/mol. The van der Waals surface area contributed by atoms with Crippen LogP contribution in [0.5, 0.6) is 0 Å². The Morgan fingerprint density at radius 3 is 1.67 bits per heavy atom. The van der Waals surface area contributed by atoms with Crippen LogP contribution in [0, 0.1) is 0 Å². The monoisotopic (exact) mass is 290 g/mol. The van der Waals surface area contributed by atoms with E-state index in [0.29, 0.717) is 5.56 Å². The van der Waals surface area contributed by atoms with Gasteiger partial charge in [-0.2, -0.15) is 13.2 Å². The second kappa shape index (κ2) is 5.95. The van der Waals surface area contributed by atoms with Gasteiger partial charge in [-0.05, 0) is 18.1 Å². The topological polar surface area (TPSA) is 17.1 Å². The van der Waals surface area contributed by atoms with Crippen molar-refractivity contribution in [1.29, 1.82) is 0 Å². The molecule has 0 spiro atoms. The van der Waals surface area contributed by atoms with Gasteiger partial charge in [-0.1, -0.05) is 60.7 Å². The van der Waals surface area contributed by atoms with Crippen LogP contribution in [0.4, 0.5) is 13.2 Å². The second-order valence-corrected chi connectivity index (χ2v) is 4.56. The SMILES string of the molecule is C/C(=C(\C(=O)c1ccccc1)C(F)(F)F)c1ccccc1. The predicted molar refractivity (Wildman–Crippen MR) is 75.9 cm³/mol. The highest BCUT2D eigenvalue weighted by molar-refractivity contribution is 6.13. The van der Waals surface area contributed by atoms with E-state index in [0.717, 1.165) is 0 Å². The molecule has 0 aliphatic carbocycles. The van der Waals surface area contributed by atoms with Crippen molar-refractivity contribution in [3.63, 3.8) is 0 Å². The maximum Gasteiger partial charge on any atom is 0.420 e. The van der Waals surface area contributed by atoms with Crippen molar-refractivity contribution in [2.45, 2.75) is 13.1 Å². The van der Waals surface area contributed by atoms with Crippen LogP contribution in [-0.4, -0.2) is 12.0 Å². The molecular weight excluding hydrogens is 277 g/mol. The number of hydrogen-bond acceptors (Lipinski definition) is 1. The molecule has 2 aromatic rings. The first-order chi connectivity index (χ1) is 9.91. The number of allylic oxidation sites excluding steroid dienone is 2. The minimum Gasteiger partial charge on any atom is -0.289 e. The molecule has 0 aliphatic heterocycles. The van der Waals surface area contributed by atoms with Crippen molar-refractivity contribution in [3.05, 3.63) is 77.4 Å². The van der Waals surface area contributed by atoms with Gasteiger partial charge in [-0.15, -0.1) is 0 Å². The molecule has 0 fully saturated rings. The second-order valence-electron chi connectivity index (χ2n) is 4.56. The molecule has 0 amide bonds. The number of rotatable bonds is 3. The van der Waals surface area contributed by atoms with Crippen molar-refractivity contribution >= 4 is 11.4 Å². The number of Topliss-reactive ketones (excluding diaryl/α,β-unsaturated/α-hetero) is 1. The van der Waals surface area contributed by atoms with Gasteiger partial charge in [0.05, 0.1) is 0 Å². The quantitative estimate of drug-likeness (QED) is 0.580. The Labute approximate surface area is 120 Å². The van der Waals surface area contributed by atoms with Crippen LogP contribution in [0.25, 0.3) is 5.57 Å². The summed E-state index contributed by atoms with van der Waals surface area (Å²) in [4.78, 5) is 12.2. The van der Waals surface area contributed by atoms with Crippen LogP contribution >= 0.6 is 0 Å². The average Bonchev–Trinajstić information content (AvgIpc) is 2.47. The Kier molecular flexibility index (Phi) is 4.26. The highest BCUT2D eigenvalue weighted by Gasteiger charge is 2.40. The molecule has 0 saturated heterocycles. The van der Waals surface area contributed by atoms with Crippen LogP contribution in [-0.2, 0) is 0 Å². The van der Waals surface area contributed by atoms with E-state index in [-0.39, 0.29) is 11.1 Å². The van der Waals surface area contributed by atoms with E-state index in [9.17, 15) is 18.0 Å². The molecule has 108 valence electrons. The molecule has 0 heterocycles. The molecule has 2 aromatic carbocycles. The smallest absolute Gasteiger partial charge is 0.289 e. The molecule has 0 aromatic heterocycles. The van der Waals surface area contributed by atoms with Crippen LogP contribution < -0.4 is 0 Å². The van der Waals surface area contributed by atoms with Crippen molar-refractivity contribution in [3.8, 4) is 0 Å². The third-order valence-electron chi connectivity index (χ3n) is 3.13. The van der Waals surface area contributed by atoms with Crippen LogP contribution in [0.3, 0.4) is 0 Å². The van der Waals surface area contributed by atoms with E-state index < -0.39 is 17.5 Å². The number of ketones is 1. The zero-order valence-electron chi connectivity index (χ0n) is 11.3. The first-order valence-corrected chi connectivity index (χ1v) is 6.34. The third kappa shape index (κ3) is 3.40. The fourth-order valence-corrected chi connectivity index (χ4v) is 2.08. The lowest BCUT2D eigenvalue weighted by Gasteiger charge is -2.15. The molecular formula is C17H13F3O. The van der Waals surface area contributed by atoms with E-state index >= 15 is 0 Å². The molecule has 21 heavy (non-hydrogen) atoms. The lowest BCUT2D eigenvalue weighted by atomic mass is 9.94. The molecule has 0 unspecified atom stereocenters. The Morgan fingerprint density at radius 1 is 0.810 bits per heavy atom. The summed E-state index contributed by atoms with van der Waals surface area (Å²) in [6.07, 6.45) is -4.70. The maximum atomic E-state index is 13.3. The highest BCUT2D eigenvalue weighted by atomic mass is 19.4. The van der Waals surface area contributed by atoms with Gasteiger partial charge in [0.1, 0.15) is 5.57 Å². The van der Waals surface area contributed by atoms with E-state index in [2.05, 4.69) is 0 Å². The largest absolute Gasteiger partial charge is 0.420 e. The fraction of sp³-hybridized carbons (Fsp3) is 0.118. The fourth-order valence-electron chi connectivity index (χ4n) is 2.08. The number of carbonyl (C=O) groups is 1. The summed E-state index contributed by atoms with van der Waals surface area (Å²) in [5.74, 6) is -1.01. The van der Waals surface area contributed by atoms with Gasteiger partial charge in [0.25, 0.3) is 0 Å². The number of alkyl halides is 3. The maximum absolute atomic E-state index is 13.3. The highest BCUT2D eigenvalue weighted by Crippen LogP contribution is 2.34. The van der Waals surface area contributed by atoms with Gasteiger partial charge in [0.2, 0.25) is 0 Å². The molecule has 0 atom stereocenters. The number of carbonyl (C=O) groups excluding carboxylic acids is 1. The molecule has 0 radical (unpaired) electrons. The van der Waals surface area contributed by atoms with Crippen molar-refractivity contribution < 1.29 is 18.0 Å². The summed E-state index contributed by atoms with van der Waals surface area (Å²) < 4.78 is 39.9. The van der Waals surface area contributed by atoms with Crippen LogP contribution in [0.15, 0.2) is 66.2 Å². The summed E-state index contributed by atoms with van der Waals surface area (Å²) in [6.45, 7) is 1.32. The van der Waals surface area contributed by atoms with Gasteiger partial charge < -0.3 is 0 Å². The minimum atomic E-state index is -4.70. The van der Waals surface area contributed by atoms with Crippen LogP contribution in [0.1, 0.15) is 22.8 Å². The molecule has 1 nitrogen and oxygen atoms in total. The molecule has 2 rings (SSSR count). The van der Waals surface area contributed by atoms with E-state index in [1.165, 1.54) is 19.1 Å². The van der Waals surface area contributed by atoms with Crippen molar-refractivity contribution in [2.24, 2.45) is 0 Å². The summed E-state index contributed by atoms with van der Waals surface area (Å²) in [6, 6.07) is 15.6. The van der Waals surface area contributed by atoms with E-state index in [1.807, 2.05) is 0 Å². The summed E-state index contributed by atoms with van der Waals surface area (Å²) in [5.41, 5.74) is -0.786. The zero-order chi connectivity index (χ0) is 15.5. The van der Waals surface area contributed by atoms with Crippen LogP contribution in [0.2, 0.25) is 0 Å². The number of benzene rings is 2. The van der Waals surface area contributed by atoms with Gasteiger partial charge in [-0.3, -0.25) is 4.79 Å². The third-order valence-corrected chi connectivity index (χ3v) is 3.13. The minimum absolute atomic E-state index is 0.0279.